The predicted octanol–water partition coefficient (Wildman–Crippen LogP) is -0.292. The Morgan fingerprint density at radius 3 is 0.977 bits per heavy atom. The first-order chi connectivity index (χ1) is 42.0. The van der Waals surface area contributed by atoms with Gasteiger partial charge in [-0.25, -0.2) is 4.79 Å². The van der Waals surface area contributed by atoms with E-state index in [-0.39, 0.29) is 129 Å². The van der Waals surface area contributed by atoms with Gasteiger partial charge in [0.2, 0.25) is 70.9 Å². The molecule has 0 aromatic rings. The van der Waals surface area contributed by atoms with Crippen molar-refractivity contribution < 1.29 is 67.1 Å². The molecule has 0 aromatic heterocycles. The predicted molar refractivity (Wildman–Crippen MR) is 325 cm³/mol. The van der Waals surface area contributed by atoms with Crippen LogP contribution in [-0.2, 0) is 62.3 Å². The van der Waals surface area contributed by atoms with Gasteiger partial charge in [-0.2, -0.15) is 0 Å². The van der Waals surface area contributed by atoms with Crippen LogP contribution in [0.4, 0.5) is 4.79 Å². The van der Waals surface area contributed by atoms with E-state index in [1.807, 2.05) is 0 Å². The normalized spacial score (nSPS) is 15.8. The molecule has 5 atom stereocenters. The van der Waals surface area contributed by atoms with Gasteiger partial charge in [0.05, 0.1) is 7.11 Å². The molecule has 4 aliphatic carbocycles. The maximum atomic E-state index is 13.3. The summed E-state index contributed by atoms with van der Waals surface area (Å²) in [6, 6.07) is -0.947. The van der Waals surface area contributed by atoms with Crippen LogP contribution in [0.3, 0.4) is 0 Å². The number of nitrogens with one attached hydrogen (secondary N) is 7. The van der Waals surface area contributed by atoms with Crippen molar-refractivity contribution in [1.82, 2.24) is 47.0 Å². The maximum Gasteiger partial charge on any atom is 0.407 e. The van der Waals surface area contributed by atoms with Crippen molar-refractivity contribution in [2.45, 2.75) is 173 Å². The fraction of sp³-hybridized carbons (Fsp3) is 0.783. The SMILES string of the molecule is COC(=O)N[C@@H](CCCCNC(C)=O)C(=O)NCCC(=O)N(CC(=O)NCCCCC(C(N)=O)C1CC1)CC(=O)NCCCCC(C(N)=O)C1CC1.NCCC(=O)N(CC(=O)NCCCCC(C(N)=O)C1CC1)CC(=O)NCCCCC(C(N)=O)C1CC1. The van der Waals surface area contributed by atoms with Crippen LogP contribution in [0.5, 0.6) is 0 Å². The average Bonchev–Trinajstić information content (AvgIpc) is 3.88. The number of ether oxygens (including phenoxy) is 1. The van der Waals surface area contributed by atoms with Gasteiger partial charge in [-0.15, -0.1) is 0 Å². The molecule has 88 heavy (non-hydrogen) atoms. The summed E-state index contributed by atoms with van der Waals surface area (Å²) in [7, 11) is 1.17. The molecule has 17 N–H and O–H groups in total. The molecule has 0 bridgehead atoms. The molecule has 0 radical (unpaired) electrons. The zero-order valence-corrected chi connectivity index (χ0v) is 52.1. The molecule has 0 aromatic carbocycles. The highest BCUT2D eigenvalue weighted by atomic mass is 16.5. The topological polar surface area (TPSA) is 452 Å². The lowest BCUT2D eigenvalue weighted by Crippen LogP contribution is -2.49. The number of unbranched alkanes of at least 4 members (excludes halogenated alkanes) is 5. The Hall–Kier alpha value is -7.13. The molecule has 0 aliphatic heterocycles. The third kappa shape index (κ3) is 33.3. The van der Waals surface area contributed by atoms with E-state index in [1.165, 1.54) is 18.9 Å². The maximum absolute atomic E-state index is 13.3. The molecule has 13 amide bonds. The summed E-state index contributed by atoms with van der Waals surface area (Å²) < 4.78 is 4.62. The summed E-state index contributed by atoms with van der Waals surface area (Å²) >= 11 is 0. The summed E-state index contributed by atoms with van der Waals surface area (Å²) in [6.45, 7) is 2.12. The monoisotopic (exact) mass is 1240 g/mol. The Bertz CT molecular complexity index is 2190. The molecular formula is C60H104N14O14. The third-order valence-electron chi connectivity index (χ3n) is 16.4. The van der Waals surface area contributed by atoms with Crippen molar-refractivity contribution in [2.75, 3.05) is 79.1 Å². The summed E-state index contributed by atoms with van der Waals surface area (Å²) in [5, 5.41) is 18.8. The summed E-state index contributed by atoms with van der Waals surface area (Å²) in [5.74, 6) is -3.22. The molecule has 28 heteroatoms. The number of carbonyl (C=O) groups excluding carboxylic acids is 13. The molecule has 4 rings (SSSR count). The number of carbonyl (C=O) groups is 13. The lowest BCUT2D eigenvalue weighted by molar-refractivity contribution is -0.139. The second kappa shape index (κ2) is 41.9. The van der Waals surface area contributed by atoms with Gasteiger partial charge in [-0.05, 0) is 146 Å². The van der Waals surface area contributed by atoms with E-state index >= 15 is 0 Å². The lowest BCUT2D eigenvalue weighted by atomic mass is 9.96. The first kappa shape index (κ1) is 75.1. The summed E-state index contributed by atoms with van der Waals surface area (Å²) in [4.78, 5) is 161. The number of amides is 13. The highest BCUT2D eigenvalue weighted by molar-refractivity contribution is 5.91. The number of alkyl carbamates (subject to hydrolysis) is 1. The Morgan fingerprint density at radius 1 is 0.409 bits per heavy atom. The Kier molecular flexibility index (Phi) is 35.8. The van der Waals surface area contributed by atoms with Crippen LogP contribution in [0, 0.1) is 47.3 Å². The molecule has 4 fully saturated rings. The summed E-state index contributed by atoms with van der Waals surface area (Å²) in [6.07, 6.45) is 17.0. The van der Waals surface area contributed by atoms with Crippen LogP contribution in [0.1, 0.15) is 167 Å². The smallest absolute Gasteiger partial charge is 0.407 e. The Morgan fingerprint density at radius 2 is 0.705 bits per heavy atom. The summed E-state index contributed by atoms with van der Waals surface area (Å²) in [5.41, 5.74) is 27.5. The van der Waals surface area contributed by atoms with E-state index in [1.54, 1.807) is 0 Å². The van der Waals surface area contributed by atoms with Gasteiger partial charge in [-0.3, -0.25) is 57.5 Å². The zero-order valence-electron chi connectivity index (χ0n) is 52.1. The van der Waals surface area contributed by atoms with E-state index in [0.717, 1.165) is 81.9 Å². The number of nitrogens with zero attached hydrogens (tertiary/aromatic N) is 2. The molecule has 4 aliphatic rings. The Labute approximate surface area is 518 Å². The highest BCUT2D eigenvalue weighted by Crippen LogP contribution is 2.41. The molecule has 4 unspecified atom stereocenters. The number of primary amides is 4. The highest BCUT2D eigenvalue weighted by Gasteiger charge is 2.37. The average molecular weight is 1250 g/mol. The molecule has 0 saturated heterocycles. The number of rotatable bonds is 48. The van der Waals surface area contributed by atoms with Crippen molar-refractivity contribution in [3.05, 3.63) is 0 Å². The van der Waals surface area contributed by atoms with Crippen LogP contribution in [0.25, 0.3) is 0 Å². The van der Waals surface area contributed by atoms with E-state index in [0.29, 0.717) is 121 Å². The second-order valence-corrected chi connectivity index (χ2v) is 24.0. The van der Waals surface area contributed by atoms with Crippen LogP contribution < -0.4 is 65.9 Å². The Balaban J connectivity index is 0.000000491. The van der Waals surface area contributed by atoms with Gasteiger partial charge in [-0.1, -0.05) is 25.7 Å². The molecule has 498 valence electrons. The van der Waals surface area contributed by atoms with Crippen molar-refractivity contribution in [1.29, 1.82) is 0 Å². The van der Waals surface area contributed by atoms with Gasteiger partial charge in [0, 0.05) is 89.3 Å². The first-order valence-corrected chi connectivity index (χ1v) is 31.9. The fourth-order valence-electron chi connectivity index (χ4n) is 10.7. The quantitative estimate of drug-likeness (QED) is 0.0348. The van der Waals surface area contributed by atoms with Crippen LogP contribution in [-0.4, -0.2) is 172 Å². The minimum Gasteiger partial charge on any atom is -0.453 e. The van der Waals surface area contributed by atoms with Crippen LogP contribution in [0.2, 0.25) is 0 Å². The van der Waals surface area contributed by atoms with Crippen LogP contribution in [0.15, 0.2) is 0 Å². The second-order valence-electron chi connectivity index (χ2n) is 24.0. The van der Waals surface area contributed by atoms with Gasteiger partial charge in [0.1, 0.15) is 32.2 Å². The molecule has 4 saturated carbocycles. The molecule has 28 nitrogen and oxygen atoms in total. The molecular weight excluding hydrogens is 1140 g/mol. The minimum absolute atomic E-state index is 0.0475. The van der Waals surface area contributed by atoms with E-state index in [4.69, 9.17) is 28.7 Å². The number of methoxy groups -OCH3 is 1. The van der Waals surface area contributed by atoms with Crippen LogP contribution >= 0.6 is 0 Å². The van der Waals surface area contributed by atoms with Crippen molar-refractivity contribution in [3.63, 3.8) is 0 Å². The standard InChI is InChI=1S/C35H60N8O9.C25H44N6O5/c1-23(44)38-17-8-5-11-28(42-35(51)52-2)34(50)41-20-16-31(47)43(21-29(45)39-18-6-3-9-26(32(36)48)24-12-13-24)22-30(46)40-19-7-4-10-27(33(37)49)25-14-15-25;26-12-11-23(34)31(15-21(32)29-13-3-1-5-19(24(27)35)17-7-8-17)16-22(33)30-14-4-2-6-20(25(28)36)18-9-10-18/h24-28H,3-22H2,1-2H3,(H2,36,48)(H2,37,49)(H,38,44)(H,39,45)(H,40,46)(H,41,50)(H,42,51);17-20H,1-16,26H2,(H2,27,35)(H2,28,36)(H,29,32)(H,30,33)/t26?,27?,28-;/m0./s1. The van der Waals surface area contributed by atoms with E-state index < -0.39 is 35.8 Å². The van der Waals surface area contributed by atoms with Gasteiger partial charge >= 0.3 is 6.09 Å². The van der Waals surface area contributed by atoms with E-state index in [2.05, 4.69) is 42.0 Å². The lowest BCUT2D eigenvalue weighted by Gasteiger charge is -2.23. The first-order valence-electron chi connectivity index (χ1n) is 31.9. The number of hydrogen-bond donors (Lipinski definition) is 12. The van der Waals surface area contributed by atoms with Gasteiger partial charge in [0.25, 0.3) is 0 Å². The van der Waals surface area contributed by atoms with Gasteiger partial charge in [0.15, 0.2) is 0 Å². The zero-order chi connectivity index (χ0) is 65.0. The number of hydrogen-bond acceptors (Lipinski definition) is 15. The minimum atomic E-state index is -0.947. The van der Waals surface area contributed by atoms with Crippen molar-refractivity contribution in [3.8, 4) is 0 Å². The van der Waals surface area contributed by atoms with Gasteiger partial charge < -0.3 is 80.4 Å². The molecule has 0 spiro atoms. The van der Waals surface area contributed by atoms with E-state index in [9.17, 15) is 62.3 Å². The molecule has 0 heterocycles. The van der Waals surface area contributed by atoms with Crippen molar-refractivity contribution >= 4 is 77.0 Å². The number of nitrogens with two attached hydrogens (primary N) is 5. The van der Waals surface area contributed by atoms with Crippen molar-refractivity contribution in [2.24, 2.45) is 76.0 Å². The fourth-order valence-corrected chi connectivity index (χ4v) is 10.7. The third-order valence-corrected chi connectivity index (χ3v) is 16.4. The largest absolute Gasteiger partial charge is 0.453 e.